The van der Waals surface area contributed by atoms with Crippen molar-refractivity contribution in [1.29, 1.82) is 0 Å². The Balaban J connectivity index is 2.70. The van der Waals surface area contributed by atoms with Crippen molar-refractivity contribution in [2.45, 2.75) is 6.54 Å². The van der Waals surface area contributed by atoms with Gasteiger partial charge in [-0.25, -0.2) is 18.6 Å². The van der Waals surface area contributed by atoms with Crippen LogP contribution in [-0.2, 0) is 6.54 Å². The van der Waals surface area contributed by atoms with Crippen LogP contribution in [0.25, 0.3) is 5.65 Å². The van der Waals surface area contributed by atoms with Crippen molar-refractivity contribution in [2.75, 3.05) is 6.67 Å². The molecule has 0 radical (unpaired) electrons. The van der Waals surface area contributed by atoms with Gasteiger partial charge >= 0.3 is 5.69 Å². The highest BCUT2D eigenvalue weighted by molar-refractivity contribution is 5.80. The van der Waals surface area contributed by atoms with Crippen LogP contribution in [-0.4, -0.2) is 37.3 Å². The molecule has 0 aliphatic carbocycles. The number of halogens is 1. The summed E-state index contributed by atoms with van der Waals surface area (Å²) in [5.41, 5.74) is -0.463. The maximum atomic E-state index is 12.0. The Morgan fingerprint density at radius 1 is 1.53 bits per heavy atom. The lowest BCUT2D eigenvalue weighted by Gasteiger charge is -1.99. The fourth-order valence-electron chi connectivity index (χ4n) is 1.16. The first-order chi connectivity index (χ1) is 7.27. The second-order valence-corrected chi connectivity index (χ2v) is 2.73. The monoisotopic (exact) mass is 211 g/mol. The minimum Gasteiger partial charge on any atom is -0.296 e. The topological polar surface area (TPSA) is 82.2 Å². The van der Waals surface area contributed by atoms with E-state index in [0.29, 0.717) is 6.29 Å². The minimum atomic E-state index is -0.713. The zero-order valence-electron chi connectivity index (χ0n) is 7.50. The average Bonchev–Trinajstić information content (AvgIpc) is 2.66. The average molecular weight is 211 g/mol. The van der Waals surface area contributed by atoms with Gasteiger partial charge in [0.15, 0.2) is 11.9 Å². The third-order valence-electron chi connectivity index (χ3n) is 1.85. The zero-order chi connectivity index (χ0) is 10.8. The van der Waals surface area contributed by atoms with Gasteiger partial charge in [-0.2, -0.15) is 4.68 Å². The summed E-state index contributed by atoms with van der Waals surface area (Å²) in [6.45, 7) is -0.883. The van der Waals surface area contributed by atoms with Crippen LogP contribution in [0.2, 0.25) is 0 Å². The molecule has 7 nitrogen and oxygen atoms in total. The summed E-state index contributed by atoms with van der Waals surface area (Å²) < 4.78 is 13.9. The Bertz CT molecular complexity index is 560. The molecule has 2 heterocycles. The van der Waals surface area contributed by atoms with Crippen molar-refractivity contribution in [3.63, 3.8) is 0 Å². The molecule has 0 bridgehead atoms. The van der Waals surface area contributed by atoms with Crippen molar-refractivity contribution in [2.24, 2.45) is 0 Å². The van der Waals surface area contributed by atoms with Gasteiger partial charge in [0.25, 0.3) is 0 Å². The van der Waals surface area contributed by atoms with Crippen LogP contribution in [0.5, 0.6) is 0 Å². The van der Waals surface area contributed by atoms with Crippen molar-refractivity contribution in [1.82, 2.24) is 24.4 Å². The number of hydrogen-bond donors (Lipinski definition) is 0. The van der Waals surface area contributed by atoms with E-state index in [1.807, 2.05) is 0 Å². The fourth-order valence-corrected chi connectivity index (χ4v) is 1.16. The zero-order valence-corrected chi connectivity index (χ0v) is 7.50. The summed E-state index contributed by atoms with van der Waals surface area (Å²) in [5, 5.41) is 7.08. The molecular formula is C7H6FN5O2. The predicted molar refractivity (Wildman–Crippen MR) is 46.4 cm³/mol. The molecule has 0 saturated carbocycles. The first kappa shape index (κ1) is 9.44. The Labute approximate surface area is 82.2 Å². The Morgan fingerprint density at radius 2 is 2.33 bits per heavy atom. The summed E-state index contributed by atoms with van der Waals surface area (Å²) in [7, 11) is 0. The quantitative estimate of drug-likeness (QED) is 0.612. The molecule has 0 fully saturated rings. The van der Waals surface area contributed by atoms with Crippen molar-refractivity contribution in [3.05, 3.63) is 22.5 Å². The predicted octanol–water partition coefficient (Wildman–Crippen LogP) is -0.932. The molecule has 2 rings (SSSR count). The van der Waals surface area contributed by atoms with Crippen LogP contribution in [0.3, 0.4) is 0 Å². The lowest BCUT2D eigenvalue weighted by atomic mass is 10.5. The van der Waals surface area contributed by atoms with Crippen LogP contribution >= 0.6 is 0 Å². The van der Waals surface area contributed by atoms with Crippen molar-refractivity contribution < 1.29 is 9.18 Å². The second-order valence-electron chi connectivity index (χ2n) is 2.73. The van der Waals surface area contributed by atoms with E-state index in [9.17, 15) is 14.0 Å². The molecule has 0 spiro atoms. The van der Waals surface area contributed by atoms with Crippen LogP contribution < -0.4 is 5.69 Å². The standard InChI is InChI=1S/C7H6FN5O2/c8-1-2-13-7(15)12-4-9-5(3-14)6(12)10-11-13/h3-4H,1-2H2. The molecule has 0 aliphatic rings. The molecule has 2 aromatic heterocycles. The summed E-state index contributed by atoms with van der Waals surface area (Å²) in [6.07, 6.45) is 1.63. The fraction of sp³-hybridized carbons (Fsp3) is 0.286. The van der Waals surface area contributed by atoms with E-state index in [2.05, 4.69) is 15.3 Å². The molecule has 0 amide bonds. The molecule has 2 aromatic rings. The van der Waals surface area contributed by atoms with Crippen LogP contribution in [0.1, 0.15) is 10.5 Å². The summed E-state index contributed by atoms with van der Waals surface area (Å²) >= 11 is 0. The van der Waals surface area contributed by atoms with E-state index in [-0.39, 0.29) is 17.9 Å². The van der Waals surface area contributed by atoms with Gasteiger partial charge in [-0.3, -0.25) is 4.79 Å². The number of aldehydes is 1. The number of carbonyl (C=O) groups excluding carboxylic acids is 1. The maximum Gasteiger partial charge on any atom is 0.353 e. The maximum absolute atomic E-state index is 12.0. The largest absolute Gasteiger partial charge is 0.353 e. The smallest absolute Gasteiger partial charge is 0.296 e. The molecule has 0 N–H and O–H groups in total. The van der Waals surface area contributed by atoms with Gasteiger partial charge in [-0.15, -0.1) is 5.10 Å². The summed E-state index contributed by atoms with van der Waals surface area (Å²) in [6, 6.07) is 0. The number of aryl methyl sites for hydroxylation is 1. The van der Waals surface area contributed by atoms with Gasteiger partial charge in [-0.05, 0) is 0 Å². The number of rotatable bonds is 3. The molecule has 0 aromatic carbocycles. The van der Waals surface area contributed by atoms with Gasteiger partial charge in [-0.1, -0.05) is 5.21 Å². The first-order valence-electron chi connectivity index (χ1n) is 4.10. The van der Waals surface area contributed by atoms with E-state index < -0.39 is 12.4 Å². The number of fused-ring (bicyclic) bond motifs is 1. The molecule has 78 valence electrons. The summed E-state index contributed by atoms with van der Waals surface area (Å²) in [5.74, 6) is 0. The molecule has 0 atom stereocenters. The van der Waals surface area contributed by atoms with Gasteiger partial charge in [0.05, 0.1) is 6.54 Å². The van der Waals surface area contributed by atoms with E-state index in [0.717, 1.165) is 15.4 Å². The summed E-state index contributed by atoms with van der Waals surface area (Å²) in [4.78, 5) is 25.7. The first-order valence-corrected chi connectivity index (χ1v) is 4.10. The molecular weight excluding hydrogens is 205 g/mol. The normalized spacial score (nSPS) is 10.7. The Hall–Kier alpha value is -2.12. The third-order valence-corrected chi connectivity index (χ3v) is 1.85. The molecule has 0 unspecified atom stereocenters. The minimum absolute atomic E-state index is 0.0343. The van der Waals surface area contributed by atoms with Crippen LogP contribution in [0.4, 0.5) is 4.39 Å². The second kappa shape index (κ2) is 3.56. The van der Waals surface area contributed by atoms with Crippen LogP contribution in [0, 0.1) is 0 Å². The van der Waals surface area contributed by atoms with E-state index in [1.165, 1.54) is 0 Å². The molecule has 0 saturated heterocycles. The highest BCUT2D eigenvalue weighted by atomic mass is 19.1. The van der Waals surface area contributed by atoms with Crippen molar-refractivity contribution in [3.8, 4) is 0 Å². The lowest BCUT2D eigenvalue weighted by Crippen LogP contribution is -2.30. The molecule has 8 heteroatoms. The number of carbonyl (C=O) groups is 1. The highest BCUT2D eigenvalue weighted by Crippen LogP contribution is 1.98. The van der Waals surface area contributed by atoms with Crippen LogP contribution in [0.15, 0.2) is 11.1 Å². The number of aromatic nitrogens is 5. The van der Waals surface area contributed by atoms with Gasteiger partial charge < -0.3 is 0 Å². The van der Waals surface area contributed by atoms with E-state index >= 15 is 0 Å². The lowest BCUT2D eigenvalue weighted by molar-refractivity contribution is 0.112. The van der Waals surface area contributed by atoms with E-state index in [1.54, 1.807) is 0 Å². The number of nitrogens with zero attached hydrogens (tertiary/aromatic N) is 5. The number of imidazole rings is 1. The highest BCUT2D eigenvalue weighted by Gasteiger charge is 2.09. The Morgan fingerprint density at radius 3 is 3.00 bits per heavy atom. The SMILES string of the molecule is O=Cc1ncn2c(=O)n(CCF)nnc12. The molecule has 0 aliphatic heterocycles. The van der Waals surface area contributed by atoms with Crippen molar-refractivity contribution >= 4 is 11.9 Å². The number of alkyl halides is 1. The third kappa shape index (κ3) is 1.39. The number of hydrogen-bond acceptors (Lipinski definition) is 5. The molecule has 15 heavy (non-hydrogen) atoms. The van der Waals surface area contributed by atoms with E-state index in [4.69, 9.17) is 0 Å². The van der Waals surface area contributed by atoms with Gasteiger partial charge in [0, 0.05) is 0 Å². The van der Waals surface area contributed by atoms with Gasteiger partial charge in [0.2, 0.25) is 0 Å². The Kier molecular flexibility index (Phi) is 2.24. The van der Waals surface area contributed by atoms with Gasteiger partial charge in [0.1, 0.15) is 18.7 Å².